The van der Waals surface area contributed by atoms with Crippen LogP contribution in [0.25, 0.3) is 0 Å². The van der Waals surface area contributed by atoms with E-state index in [2.05, 4.69) is 32.1 Å². The maximum absolute atomic E-state index is 11.8. The second kappa shape index (κ2) is 8.22. The zero-order valence-corrected chi connectivity index (χ0v) is 14.9. The first kappa shape index (κ1) is 17.6. The lowest BCUT2D eigenvalue weighted by atomic mass is 10.2. The molecule has 3 rings (SSSR count). The van der Waals surface area contributed by atoms with Crippen molar-refractivity contribution in [1.29, 1.82) is 0 Å². The highest BCUT2D eigenvalue weighted by atomic mass is 16.4. The third-order valence-electron chi connectivity index (χ3n) is 4.39. The summed E-state index contributed by atoms with van der Waals surface area (Å²) in [5, 5.41) is 8.31. The molecule has 2 aromatic rings. The van der Waals surface area contributed by atoms with E-state index < -0.39 is 0 Å². The van der Waals surface area contributed by atoms with E-state index in [0.29, 0.717) is 31.3 Å². The topological polar surface area (TPSA) is 65.7 Å². The van der Waals surface area contributed by atoms with Gasteiger partial charge in [-0.1, -0.05) is 30.3 Å². The summed E-state index contributed by atoms with van der Waals surface area (Å²) in [7, 11) is 3.59. The standard InChI is InChI=1S/C18H25N5O2/c1-21(2)18(24)14-23-10-8-22(9-11-23)13-17-20-19-16(25-17)12-15-6-4-3-5-7-15/h3-7H,8-14H2,1-2H3. The highest BCUT2D eigenvalue weighted by Crippen LogP contribution is 2.11. The second-order valence-corrected chi connectivity index (χ2v) is 6.59. The largest absolute Gasteiger partial charge is 0.424 e. The molecule has 0 radical (unpaired) electrons. The summed E-state index contributed by atoms with van der Waals surface area (Å²) in [6.07, 6.45) is 0.661. The van der Waals surface area contributed by atoms with Gasteiger partial charge in [0.05, 0.1) is 19.5 Å². The number of nitrogens with zero attached hydrogens (tertiary/aromatic N) is 5. The molecule has 1 aliphatic heterocycles. The van der Waals surface area contributed by atoms with E-state index in [0.717, 1.165) is 31.7 Å². The average molecular weight is 343 g/mol. The quantitative estimate of drug-likeness (QED) is 0.775. The zero-order valence-electron chi connectivity index (χ0n) is 14.9. The molecule has 0 saturated carbocycles. The number of carbonyl (C=O) groups is 1. The Morgan fingerprint density at radius 1 is 1.04 bits per heavy atom. The first-order valence-electron chi connectivity index (χ1n) is 8.60. The van der Waals surface area contributed by atoms with Crippen LogP contribution in [0.4, 0.5) is 0 Å². The van der Waals surface area contributed by atoms with Crippen LogP contribution in [0.5, 0.6) is 0 Å². The highest BCUT2D eigenvalue weighted by molar-refractivity contribution is 5.77. The third kappa shape index (κ3) is 5.11. The summed E-state index contributed by atoms with van der Waals surface area (Å²) >= 11 is 0. The Balaban J connectivity index is 1.46. The lowest BCUT2D eigenvalue weighted by Gasteiger charge is -2.33. The van der Waals surface area contributed by atoms with Crippen LogP contribution in [0, 0.1) is 0 Å². The molecule has 0 bridgehead atoms. The first-order valence-corrected chi connectivity index (χ1v) is 8.60. The summed E-state index contributed by atoms with van der Waals surface area (Å²) in [4.78, 5) is 17.9. The summed E-state index contributed by atoms with van der Waals surface area (Å²) in [5.74, 6) is 1.45. The zero-order chi connectivity index (χ0) is 17.6. The molecule has 1 fully saturated rings. The van der Waals surface area contributed by atoms with Gasteiger partial charge in [-0.3, -0.25) is 14.6 Å². The molecular formula is C18H25N5O2. The van der Waals surface area contributed by atoms with Gasteiger partial charge in [0.1, 0.15) is 0 Å². The molecule has 134 valence electrons. The average Bonchev–Trinajstić information content (AvgIpc) is 3.04. The van der Waals surface area contributed by atoms with Crippen molar-refractivity contribution in [3.63, 3.8) is 0 Å². The van der Waals surface area contributed by atoms with Crippen molar-refractivity contribution in [2.45, 2.75) is 13.0 Å². The van der Waals surface area contributed by atoms with Crippen LogP contribution in [-0.4, -0.2) is 77.6 Å². The van der Waals surface area contributed by atoms with Crippen LogP contribution in [0.2, 0.25) is 0 Å². The molecule has 1 amide bonds. The number of aromatic nitrogens is 2. The maximum atomic E-state index is 11.8. The number of piperazine rings is 1. The summed E-state index contributed by atoms with van der Waals surface area (Å²) < 4.78 is 5.77. The van der Waals surface area contributed by atoms with Crippen molar-refractivity contribution >= 4 is 5.91 Å². The second-order valence-electron chi connectivity index (χ2n) is 6.59. The van der Waals surface area contributed by atoms with Crippen molar-refractivity contribution < 1.29 is 9.21 Å². The minimum atomic E-state index is 0.149. The fourth-order valence-electron chi connectivity index (χ4n) is 2.82. The van der Waals surface area contributed by atoms with Gasteiger partial charge in [0, 0.05) is 40.3 Å². The van der Waals surface area contributed by atoms with E-state index in [1.54, 1.807) is 19.0 Å². The smallest absolute Gasteiger partial charge is 0.236 e. The van der Waals surface area contributed by atoms with Crippen LogP contribution >= 0.6 is 0 Å². The van der Waals surface area contributed by atoms with E-state index in [1.807, 2.05) is 18.2 Å². The minimum Gasteiger partial charge on any atom is -0.424 e. The van der Waals surface area contributed by atoms with Crippen LogP contribution < -0.4 is 0 Å². The molecule has 1 aliphatic rings. The Labute approximate surface area is 148 Å². The van der Waals surface area contributed by atoms with Gasteiger partial charge in [0.2, 0.25) is 17.7 Å². The number of hydrogen-bond acceptors (Lipinski definition) is 6. The van der Waals surface area contributed by atoms with Crippen LogP contribution in [0.1, 0.15) is 17.3 Å². The molecular weight excluding hydrogens is 318 g/mol. The van der Waals surface area contributed by atoms with E-state index in [9.17, 15) is 4.79 Å². The van der Waals surface area contributed by atoms with Gasteiger partial charge in [0.25, 0.3) is 0 Å². The van der Waals surface area contributed by atoms with Gasteiger partial charge < -0.3 is 9.32 Å². The highest BCUT2D eigenvalue weighted by Gasteiger charge is 2.21. The molecule has 0 spiro atoms. The SMILES string of the molecule is CN(C)C(=O)CN1CCN(Cc2nnc(Cc3ccccc3)o2)CC1. The Bertz CT molecular complexity index is 678. The number of carbonyl (C=O) groups excluding carboxylic acids is 1. The maximum Gasteiger partial charge on any atom is 0.236 e. The monoisotopic (exact) mass is 343 g/mol. The van der Waals surface area contributed by atoms with Crippen LogP contribution in [0.3, 0.4) is 0 Å². The third-order valence-corrected chi connectivity index (χ3v) is 4.39. The lowest BCUT2D eigenvalue weighted by Crippen LogP contribution is -2.48. The van der Waals surface area contributed by atoms with Crippen molar-refractivity contribution in [3.05, 3.63) is 47.7 Å². The van der Waals surface area contributed by atoms with Gasteiger partial charge in [-0.2, -0.15) is 0 Å². The van der Waals surface area contributed by atoms with Crippen molar-refractivity contribution in [3.8, 4) is 0 Å². The number of rotatable bonds is 6. The number of benzene rings is 1. The molecule has 1 aromatic carbocycles. The fraction of sp³-hybridized carbons (Fsp3) is 0.500. The Hall–Kier alpha value is -2.25. The summed E-state index contributed by atoms with van der Waals surface area (Å²) in [5.41, 5.74) is 1.16. The fourth-order valence-corrected chi connectivity index (χ4v) is 2.82. The predicted octanol–water partition coefficient (Wildman–Crippen LogP) is 0.866. The summed E-state index contributed by atoms with van der Waals surface area (Å²) in [6.45, 7) is 4.71. The van der Waals surface area contributed by atoms with Crippen molar-refractivity contribution in [2.75, 3.05) is 46.8 Å². The molecule has 0 atom stereocenters. The molecule has 2 heterocycles. The molecule has 1 saturated heterocycles. The molecule has 7 heteroatoms. The van der Waals surface area contributed by atoms with E-state index in [1.165, 1.54) is 0 Å². The molecule has 0 unspecified atom stereocenters. The van der Waals surface area contributed by atoms with Gasteiger partial charge in [-0.05, 0) is 5.56 Å². The molecule has 0 N–H and O–H groups in total. The van der Waals surface area contributed by atoms with E-state index in [-0.39, 0.29) is 5.91 Å². The van der Waals surface area contributed by atoms with Crippen LogP contribution in [-0.2, 0) is 17.8 Å². The number of hydrogen-bond donors (Lipinski definition) is 0. The Morgan fingerprint density at radius 3 is 2.36 bits per heavy atom. The van der Waals surface area contributed by atoms with Gasteiger partial charge in [-0.25, -0.2) is 0 Å². The van der Waals surface area contributed by atoms with E-state index in [4.69, 9.17) is 4.42 Å². The molecule has 1 aromatic heterocycles. The first-order chi connectivity index (χ1) is 12.1. The minimum absolute atomic E-state index is 0.149. The molecule has 25 heavy (non-hydrogen) atoms. The Morgan fingerprint density at radius 2 is 1.68 bits per heavy atom. The lowest BCUT2D eigenvalue weighted by molar-refractivity contribution is -0.130. The van der Waals surface area contributed by atoms with E-state index >= 15 is 0 Å². The summed E-state index contributed by atoms with van der Waals surface area (Å²) in [6, 6.07) is 10.1. The van der Waals surface area contributed by atoms with Gasteiger partial charge in [-0.15, -0.1) is 10.2 Å². The van der Waals surface area contributed by atoms with Crippen molar-refractivity contribution in [2.24, 2.45) is 0 Å². The number of amides is 1. The van der Waals surface area contributed by atoms with Crippen LogP contribution in [0.15, 0.2) is 34.7 Å². The van der Waals surface area contributed by atoms with Gasteiger partial charge in [0.15, 0.2) is 0 Å². The normalized spacial score (nSPS) is 16.1. The Kier molecular flexibility index (Phi) is 5.78. The van der Waals surface area contributed by atoms with Crippen molar-refractivity contribution in [1.82, 2.24) is 24.9 Å². The van der Waals surface area contributed by atoms with Gasteiger partial charge >= 0.3 is 0 Å². The molecule has 7 nitrogen and oxygen atoms in total. The molecule has 0 aliphatic carbocycles. The number of likely N-dealkylation sites (N-methyl/N-ethyl adjacent to an activating group) is 1. The predicted molar refractivity (Wildman–Crippen MR) is 94.0 cm³/mol.